The molecule has 2 amide bonds. The molecular weight excluding hydrogens is 656 g/mol. The average Bonchev–Trinajstić information content (AvgIpc) is 3.66. The van der Waals surface area contributed by atoms with Crippen LogP contribution in [-0.4, -0.2) is 53.7 Å². The molecule has 46 heavy (non-hydrogen) atoms. The van der Waals surface area contributed by atoms with Crippen LogP contribution in [0.1, 0.15) is 35.6 Å². The van der Waals surface area contributed by atoms with E-state index in [1.807, 2.05) is 24.3 Å². The third kappa shape index (κ3) is 8.26. The van der Waals surface area contributed by atoms with Gasteiger partial charge in [-0.2, -0.15) is 4.72 Å². The van der Waals surface area contributed by atoms with Crippen LogP contribution in [0.15, 0.2) is 94.5 Å². The van der Waals surface area contributed by atoms with Crippen LogP contribution >= 0.6 is 22.4 Å². The van der Waals surface area contributed by atoms with Crippen molar-refractivity contribution >= 4 is 44.2 Å². The summed E-state index contributed by atoms with van der Waals surface area (Å²) < 4.78 is 62.7. The predicted octanol–water partition coefficient (Wildman–Crippen LogP) is 5.09. The Morgan fingerprint density at radius 3 is 2.54 bits per heavy atom. The highest BCUT2D eigenvalue weighted by Gasteiger charge is 2.39. The summed E-state index contributed by atoms with van der Waals surface area (Å²) in [5.41, 5.74) is 1.66. The van der Waals surface area contributed by atoms with Crippen LogP contribution in [0, 0.1) is 0 Å². The number of nitrogens with one attached hydrogen (secondary N) is 3. The summed E-state index contributed by atoms with van der Waals surface area (Å²) >= 11 is 6.48. The Balaban J connectivity index is 1.22. The first-order chi connectivity index (χ1) is 22.0. The number of para-hydroxylation sites is 1. The molecule has 2 atom stereocenters. The second kappa shape index (κ2) is 14.7. The van der Waals surface area contributed by atoms with Crippen LogP contribution in [0.25, 0.3) is 11.3 Å². The van der Waals surface area contributed by atoms with Gasteiger partial charge in [0.2, 0.25) is 21.8 Å². The van der Waals surface area contributed by atoms with E-state index < -0.39 is 43.9 Å². The normalized spacial score (nSPS) is 17.2. The lowest BCUT2D eigenvalue weighted by Gasteiger charge is -2.33. The van der Waals surface area contributed by atoms with Gasteiger partial charge in [0.05, 0.1) is 29.7 Å². The van der Waals surface area contributed by atoms with Gasteiger partial charge in [-0.1, -0.05) is 59.2 Å². The number of nitrogens with zero attached hydrogens (tertiary/aromatic N) is 1. The van der Waals surface area contributed by atoms with Crippen molar-refractivity contribution in [3.63, 3.8) is 0 Å². The van der Waals surface area contributed by atoms with Gasteiger partial charge >= 0.3 is 0 Å². The van der Waals surface area contributed by atoms with E-state index in [1.165, 1.54) is 18.2 Å². The third-order valence-electron chi connectivity index (χ3n) is 7.27. The number of rotatable bonds is 14. The van der Waals surface area contributed by atoms with Gasteiger partial charge in [-0.15, -0.1) is 10.8 Å². The number of carbonyl (C=O) groups is 2. The van der Waals surface area contributed by atoms with E-state index in [2.05, 4.69) is 19.9 Å². The van der Waals surface area contributed by atoms with Crippen molar-refractivity contribution in [3.8, 4) is 17.1 Å². The Morgan fingerprint density at radius 2 is 1.85 bits per heavy atom. The van der Waals surface area contributed by atoms with Crippen LogP contribution in [-0.2, 0) is 26.0 Å². The molecule has 2 unspecified atom stereocenters. The minimum Gasteiger partial charge on any atom is -0.493 e. The number of ether oxygens (including phenoxy) is 1. The molecular formula is C31H33ClN4O8S2. The molecule has 4 aromatic rings. The van der Waals surface area contributed by atoms with Crippen molar-refractivity contribution in [2.24, 2.45) is 0 Å². The maximum atomic E-state index is 13.3. The van der Waals surface area contributed by atoms with E-state index >= 15 is 0 Å². The van der Waals surface area contributed by atoms with Crippen LogP contribution in [0.3, 0.4) is 0 Å². The molecule has 1 aliphatic rings. The topological polar surface area (TPSA) is 180 Å². The van der Waals surface area contributed by atoms with Crippen molar-refractivity contribution in [2.75, 3.05) is 13.2 Å². The SMILES string of the molecule is O=C1CC(c2ccc(CC(NS(=O)(=O)c3ccccc3)C(=O)NCCCCOc3ccccc3-c3ccno3)cc2Cl)S(O)(O)N1. The Morgan fingerprint density at radius 1 is 1.09 bits per heavy atom. The Bertz CT molecular complexity index is 1770. The Hall–Kier alpha value is -3.92. The van der Waals surface area contributed by atoms with Gasteiger partial charge in [0, 0.05) is 17.6 Å². The minimum absolute atomic E-state index is 0.00699. The second-order valence-electron chi connectivity index (χ2n) is 10.6. The van der Waals surface area contributed by atoms with Gasteiger partial charge in [-0.3, -0.25) is 23.4 Å². The molecule has 0 bridgehead atoms. The summed E-state index contributed by atoms with van der Waals surface area (Å²) in [6.45, 7) is 0.651. The lowest BCUT2D eigenvalue weighted by Crippen LogP contribution is -2.48. The number of carbonyl (C=O) groups excluding carboxylic acids is 2. The molecule has 0 aliphatic carbocycles. The van der Waals surface area contributed by atoms with Crippen LogP contribution in [0.2, 0.25) is 5.02 Å². The number of unbranched alkanes of at least 4 members (excludes halogenated alkanes) is 1. The fraction of sp³-hybridized carbons (Fsp3) is 0.258. The van der Waals surface area contributed by atoms with Gasteiger partial charge in [0.25, 0.3) is 0 Å². The molecule has 0 radical (unpaired) electrons. The van der Waals surface area contributed by atoms with Gasteiger partial charge in [-0.05, 0) is 60.7 Å². The smallest absolute Gasteiger partial charge is 0.241 e. The highest BCUT2D eigenvalue weighted by atomic mass is 35.5. The lowest BCUT2D eigenvalue weighted by atomic mass is 10.0. The molecule has 12 nitrogen and oxygen atoms in total. The minimum atomic E-state index is -4.05. The lowest BCUT2D eigenvalue weighted by molar-refractivity contribution is -0.122. The monoisotopic (exact) mass is 688 g/mol. The molecule has 0 saturated carbocycles. The summed E-state index contributed by atoms with van der Waals surface area (Å²) in [6.07, 6.45) is 2.55. The van der Waals surface area contributed by atoms with Crippen molar-refractivity contribution < 1.29 is 36.4 Å². The third-order valence-corrected chi connectivity index (χ3v) is 10.8. The molecule has 2 heterocycles. The van der Waals surface area contributed by atoms with Gasteiger partial charge < -0.3 is 14.6 Å². The molecule has 0 spiro atoms. The maximum absolute atomic E-state index is 13.3. The van der Waals surface area contributed by atoms with Crippen molar-refractivity contribution in [2.45, 2.75) is 41.9 Å². The quantitative estimate of drug-likeness (QED) is 0.113. The Kier molecular flexibility index (Phi) is 10.7. The standard InChI is InChI=1S/C31H33ClN4O8S2/c32-25-18-21(12-13-23(25)29-20-30(37)36-46(29,41)42)19-26(35-45(39,40)22-8-2-1-3-9-22)31(38)33-15-6-7-17-43-27-11-5-4-10-24(27)28-14-16-34-44-28/h1-5,8-14,16,18,26,29,35,41-42H,6-7,15,17,19-20H2,(H,33,38)(H,36,37). The van der Waals surface area contributed by atoms with E-state index in [4.69, 9.17) is 20.9 Å². The number of amides is 2. The molecule has 1 aliphatic heterocycles. The average molecular weight is 689 g/mol. The number of hydrogen-bond donors (Lipinski definition) is 5. The number of hydrogen-bond acceptors (Lipinski definition) is 9. The summed E-state index contributed by atoms with van der Waals surface area (Å²) in [6, 6.07) is 20.4. The zero-order valence-electron chi connectivity index (χ0n) is 24.5. The van der Waals surface area contributed by atoms with Crippen molar-refractivity contribution in [3.05, 3.63) is 101 Å². The van der Waals surface area contributed by atoms with Crippen LogP contribution in [0.4, 0.5) is 0 Å². The maximum Gasteiger partial charge on any atom is 0.241 e. The van der Waals surface area contributed by atoms with E-state index in [9.17, 15) is 27.1 Å². The first-order valence-electron chi connectivity index (χ1n) is 14.4. The van der Waals surface area contributed by atoms with Crippen LogP contribution < -0.4 is 19.5 Å². The predicted molar refractivity (Wildman–Crippen MR) is 174 cm³/mol. The molecule has 244 valence electrons. The van der Waals surface area contributed by atoms with E-state index in [0.29, 0.717) is 42.1 Å². The summed E-state index contributed by atoms with van der Waals surface area (Å²) in [7, 11) is -7.47. The van der Waals surface area contributed by atoms with E-state index in [0.717, 1.165) is 5.56 Å². The number of aromatic nitrogens is 1. The van der Waals surface area contributed by atoms with Crippen LogP contribution in [0.5, 0.6) is 5.75 Å². The Labute approximate surface area is 273 Å². The highest BCUT2D eigenvalue weighted by Crippen LogP contribution is 2.57. The molecule has 1 fully saturated rings. The van der Waals surface area contributed by atoms with E-state index in [1.54, 1.807) is 42.6 Å². The van der Waals surface area contributed by atoms with Gasteiger partial charge in [0.1, 0.15) is 17.0 Å². The second-order valence-corrected chi connectivity index (χ2v) is 14.7. The van der Waals surface area contributed by atoms with Gasteiger partial charge in [0.15, 0.2) is 5.76 Å². The summed E-state index contributed by atoms with van der Waals surface area (Å²) in [4.78, 5) is 25.1. The largest absolute Gasteiger partial charge is 0.493 e. The molecule has 5 rings (SSSR count). The molecule has 15 heteroatoms. The van der Waals surface area contributed by atoms with E-state index in [-0.39, 0.29) is 29.3 Å². The highest BCUT2D eigenvalue weighted by molar-refractivity contribution is 8.23. The summed E-state index contributed by atoms with van der Waals surface area (Å²) in [5.74, 6) is 0.199. The zero-order chi connectivity index (χ0) is 32.7. The molecule has 1 aromatic heterocycles. The first-order valence-corrected chi connectivity index (χ1v) is 17.8. The first kappa shape index (κ1) is 33.4. The van der Waals surface area contributed by atoms with Crippen molar-refractivity contribution in [1.29, 1.82) is 0 Å². The molecule has 1 saturated heterocycles. The molecule has 5 N–H and O–H groups in total. The number of benzene rings is 3. The number of sulfonamides is 1. The van der Waals surface area contributed by atoms with Gasteiger partial charge in [-0.25, -0.2) is 8.42 Å². The number of halogens is 1. The zero-order valence-corrected chi connectivity index (χ0v) is 26.9. The summed E-state index contributed by atoms with van der Waals surface area (Å²) in [5, 5.41) is 5.79. The molecule has 3 aromatic carbocycles. The fourth-order valence-corrected chi connectivity index (χ4v) is 8.10. The fourth-order valence-electron chi connectivity index (χ4n) is 4.98. The van der Waals surface area contributed by atoms with Crippen molar-refractivity contribution in [1.82, 2.24) is 19.9 Å².